The van der Waals surface area contributed by atoms with Crippen LogP contribution in [0.4, 0.5) is 5.13 Å². The molecule has 0 saturated heterocycles. The first-order valence-corrected chi connectivity index (χ1v) is 4.91. The third kappa shape index (κ3) is 3.61. The van der Waals surface area contributed by atoms with Gasteiger partial charge in [-0.3, -0.25) is 9.59 Å². The minimum absolute atomic E-state index is 0.0698. The van der Waals surface area contributed by atoms with Gasteiger partial charge in [0.1, 0.15) is 6.61 Å². The highest BCUT2D eigenvalue weighted by Gasteiger charge is 2.09. The van der Waals surface area contributed by atoms with Crippen molar-refractivity contribution < 1.29 is 19.5 Å². The lowest BCUT2D eigenvalue weighted by atomic mass is 10.4. The molecule has 0 fully saturated rings. The monoisotopic (exact) mass is 244 g/mol. The number of anilines is 1. The van der Waals surface area contributed by atoms with Gasteiger partial charge in [-0.25, -0.2) is 0 Å². The predicted molar refractivity (Wildman–Crippen MR) is 55.1 cm³/mol. The van der Waals surface area contributed by atoms with Crippen LogP contribution in [0.1, 0.15) is 11.4 Å². The maximum absolute atomic E-state index is 10.6. The van der Waals surface area contributed by atoms with Crippen LogP contribution in [0, 0.1) is 0 Å². The fourth-order valence-electron chi connectivity index (χ4n) is 0.697. The Bertz CT molecular complexity index is 416. The number of carboxylic acid groups (broad SMARTS) is 1. The summed E-state index contributed by atoms with van der Waals surface area (Å²) in [5.41, 5.74) is 5.25. The van der Waals surface area contributed by atoms with Crippen molar-refractivity contribution in [3.63, 3.8) is 0 Å². The minimum atomic E-state index is -1.01. The normalized spacial score (nSPS) is 11.1. The molecule has 0 radical (unpaired) electrons. The molecule has 1 rings (SSSR count). The molecule has 0 aliphatic carbocycles. The molecular weight excluding hydrogens is 236 g/mol. The smallest absolute Gasteiger partial charge is 0.306 e. The van der Waals surface area contributed by atoms with Crippen molar-refractivity contribution in [2.45, 2.75) is 6.42 Å². The average Bonchev–Trinajstić information content (AvgIpc) is 2.64. The zero-order chi connectivity index (χ0) is 12.0. The van der Waals surface area contributed by atoms with Gasteiger partial charge in [0.2, 0.25) is 5.13 Å². The van der Waals surface area contributed by atoms with Crippen molar-refractivity contribution in [1.82, 2.24) is 10.2 Å². The van der Waals surface area contributed by atoms with E-state index in [1.54, 1.807) is 0 Å². The Labute approximate surface area is 93.7 Å². The third-order valence-electron chi connectivity index (χ3n) is 1.34. The largest absolute Gasteiger partial charge is 0.481 e. The lowest BCUT2D eigenvalue weighted by Gasteiger charge is -1.96. The number of oxime groups is 1. The van der Waals surface area contributed by atoms with E-state index < -0.39 is 5.97 Å². The predicted octanol–water partition coefficient (Wildman–Crippen LogP) is -0.485. The molecule has 8 nitrogen and oxygen atoms in total. The maximum atomic E-state index is 10.6. The molecule has 0 aromatic carbocycles. The SMILES string of the molecule is Nc1nnc(/C(C=O)=N/OCCC(=O)O)s1. The second-order valence-corrected chi connectivity index (χ2v) is 3.53. The number of nitrogens with zero attached hydrogens (tertiary/aromatic N) is 3. The van der Waals surface area contributed by atoms with Crippen LogP contribution < -0.4 is 5.73 Å². The van der Waals surface area contributed by atoms with E-state index in [1.807, 2.05) is 0 Å². The molecule has 1 aromatic rings. The molecule has 3 N–H and O–H groups in total. The van der Waals surface area contributed by atoms with Crippen molar-refractivity contribution >= 4 is 34.4 Å². The number of rotatable bonds is 6. The number of hydrogen-bond acceptors (Lipinski definition) is 8. The molecule has 16 heavy (non-hydrogen) atoms. The van der Waals surface area contributed by atoms with Crippen LogP contribution >= 0.6 is 11.3 Å². The quantitative estimate of drug-likeness (QED) is 0.299. The third-order valence-corrected chi connectivity index (χ3v) is 2.12. The second kappa shape index (κ2) is 5.75. The van der Waals surface area contributed by atoms with Crippen LogP contribution in [0.5, 0.6) is 0 Å². The summed E-state index contributed by atoms with van der Waals surface area (Å²) >= 11 is 0.982. The molecule has 0 saturated carbocycles. The van der Waals surface area contributed by atoms with Crippen molar-refractivity contribution in [1.29, 1.82) is 0 Å². The van der Waals surface area contributed by atoms with E-state index in [0.717, 1.165) is 11.3 Å². The number of nitrogen functional groups attached to an aromatic ring is 1. The Morgan fingerprint density at radius 3 is 2.88 bits per heavy atom. The standard InChI is InChI=1S/C7H8N4O4S/c8-7-10-9-6(16-7)4(3-12)11-15-2-1-5(13)14/h3H,1-2H2,(H2,8,10)(H,13,14)/b11-4+. The molecule has 0 spiro atoms. The first-order chi connectivity index (χ1) is 7.63. The first kappa shape index (κ1) is 12.0. The van der Waals surface area contributed by atoms with Gasteiger partial charge in [-0.05, 0) is 0 Å². The van der Waals surface area contributed by atoms with E-state index in [4.69, 9.17) is 10.8 Å². The number of nitrogens with two attached hydrogens (primary N) is 1. The molecule has 0 amide bonds. The summed E-state index contributed by atoms with van der Waals surface area (Å²) in [4.78, 5) is 25.4. The Hall–Kier alpha value is -2.03. The summed E-state index contributed by atoms with van der Waals surface area (Å²) in [5.74, 6) is -1.01. The molecule has 0 aliphatic heterocycles. The maximum Gasteiger partial charge on any atom is 0.306 e. The molecule has 0 unspecified atom stereocenters. The van der Waals surface area contributed by atoms with E-state index in [-0.39, 0.29) is 28.9 Å². The number of carbonyl (C=O) groups is 2. The minimum Gasteiger partial charge on any atom is -0.481 e. The number of aliphatic carboxylic acids is 1. The van der Waals surface area contributed by atoms with E-state index in [9.17, 15) is 9.59 Å². The van der Waals surface area contributed by atoms with Crippen LogP contribution in [-0.4, -0.2) is 39.9 Å². The lowest BCUT2D eigenvalue weighted by Crippen LogP contribution is -2.05. The second-order valence-electron chi connectivity index (χ2n) is 2.52. The van der Waals surface area contributed by atoms with Crippen LogP contribution in [0.15, 0.2) is 5.16 Å². The molecule has 1 heterocycles. The summed E-state index contributed by atoms with van der Waals surface area (Å²) in [6.07, 6.45) is 0.231. The van der Waals surface area contributed by atoms with Gasteiger partial charge in [-0.2, -0.15) is 0 Å². The Morgan fingerprint density at radius 2 is 2.38 bits per heavy atom. The molecule has 0 atom stereocenters. The summed E-state index contributed by atoms with van der Waals surface area (Å²) in [6, 6.07) is 0. The molecule has 1 aromatic heterocycles. The number of aromatic nitrogens is 2. The van der Waals surface area contributed by atoms with E-state index >= 15 is 0 Å². The van der Waals surface area contributed by atoms with Gasteiger partial charge in [0, 0.05) is 0 Å². The molecule has 0 bridgehead atoms. The Kier molecular flexibility index (Phi) is 4.33. The van der Waals surface area contributed by atoms with Crippen LogP contribution in [0.2, 0.25) is 0 Å². The lowest BCUT2D eigenvalue weighted by molar-refractivity contribution is -0.138. The van der Waals surface area contributed by atoms with Gasteiger partial charge in [0.15, 0.2) is 17.0 Å². The van der Waals surface area contributed by atoms with E-state index in [0.29, 0.717) is 6.29 Å². The first-order valence-electron chi connectivity index (χ1n) is 4.09. The summed E-state index contributed by atoms with van der Waals surface area (Å²) in [7, 11) is 0. The molecule has 9 heteroatoms. The van der Waals surface area contributed by atoms with E-state index in [2.05, 4.69) is 20.2 Å². The van der Waals surface area contributed by atoms with Crippen molar-refractivity contribution in [2.24, 2.45) is 5.16 Å². The zero-order valence-electron chi connectivity index (χ0n) is 7.99. The highest BCUT2D eigenvalue weighted by atomic mass is 32.1. The summed E-state index contributed by atoms with van der Waals surface area (Å²) < 4.78 is 0. The van der Waals surface area contributed by atoms with E-state index in [1.165, 1.54) is 0 Å². The van der Waals surface area contributed by atoms with Gasteiger partial charge >= 0.3 is 5.97 Å². The highest BCUT2D eigenvalue weighted by molar-refractivity contribution is 7.17. The summed E-state index contributed by atoms with van der Waals surface area (Å²) in [5, 5.41) is 19.3. The van der Waals surface area contributed by atoms with Crippen molar-refractivity contribution in [3.05, 3.63) is 5.01 Å². The van der Waals surface area contributed by atoms with Crippen LogP contribution in [0.25, 0.3) is 0 Å². The Morgan fingerprint density at radius 1 is 1.62 bits per heavy atom. The fourth-order valence-corrected chi connectivity index (χ4v) is 1.25. The van der Waals surface area contributed by atoms with Gasteiger partial charge < -0.3 is 15.7 Å². The Balaban J connectivity index is 2.57. The topological polar surface area (TPSA) is 128 Å². The molecule has 86 valence electrons. The average molecular weight is 244 g/mol. The number of hydrogen-bond donors (Lipinski definition) is 2. The van der Waals surface area contributed by atoms with Gasteiger partial charge in [-0.15, -0.1) is 10.2 Å². The zero-order valence-corrected chi connectivity index (χ0v) is 8.81. The number of carbonyl (C=O) groups excluding carboxylic acids is 1. The highest BCUT2D eigenvalue weighted by Crippen LogP contribution is 2.11. The van der Waals surface area contributed by atoms with Crippen molar-refractivity contribution in [2.75, 3.05) is 12.3 Å². The van der Waals surface area contributed by atoms with Crippen LogP contribution in [0.3, 0.4) is 0 Å². The van der Waals surface area contributed by atoms with Gasteiger partial charge in [0.25, 0.3) is 0 Å². The van der Waals surface area contributed by atoms with Gasteiger partial charge in [0.05, 0.1) is 6.42 Å². The molecular formula is C7H8N4O4S. The van der Waals surface area contributed by atoms with Crippen molar-refractivity contribution in [3.8, 4) is 0 Å². The van der Waals surface area contributed by atoms with Gasteiger partial charge in [-0.1, -0.05) is 16.5 Å². The molecule has 0 aliphatic rings. The summed E-state index contributed by atoms with van der Waals surface area (Å²) in [6.45, 7) is -0.124. The van der Waals surface area contributed by atoms with Crippen LogP contribution in [-0.2, 0) is 14.4 Å². The fraction of sp³-hybridized carbons (Fsp3) is 0.286. The number of aldehydes is 1. The number of carboxylic acids is 1.